The van der Waals surface area contributed by atoms with Crippen LogP contribution in [0.1, 0.15) is 0 Å². The van der Waals surface area contributed by atoms with Crippen LogP contribution in [0.25, 0.3) is 21.3 Å². The summed E-state index contributed by atoms with van der Waals surface area (Å²) in [6.07, 6.45) is 0. The predicted octanol–water partition coefficient (Wildman–Crippen LogP) is 3.00. The van der Waals surface area contributed by atoms with Gasteiger partial charge in [0.15, 0.2) is 0 Å². The average molecular weight is 322 g/mol. The number of nitrogens with zero attached hydrogens (tertiary/aromatic N) is 1. The number of nitrogens with two attached hydrogens (primary N) is 1. The molecule has 0 amide bonds. The van der Waals surface area contributed by atoms with Crippen molar-refractivity contribution in [3.05, 3.63) is 44.5 Å². The molecule has 3 N–H and O–H groups in total. The number of hydrogen-bond donors (Lipinski definition) is 2. The van der Waals surface area contributed by atoms with Crippen LogP contribution < -0.4 is 11.3 Å². The number of thiophene rings is 1. The molecule has 0 bridgehead atoms. The first-order chi connectivity index (χ1) is 8.65. The van der Waals surface area contributed by atoms with Crippen LogP contribution in [0.4, 0.5) is 5.95 Å². The maximum Gasteiger partial charge on any atom is 0.261 e. The summed E-state index contributed by atoms with van der Waals surface area (Å²) in [5.74, 6) is 0.150. The van der Waals surface area contributed by atoms with E-state index in [9.17, 15) is 4.79 Å². The molecule has 2 aromatic heterocycles. The largest absolute Gasteiger partial charge is 0.369 e. The summed E-state index contributed by atoms with van der Waals surface area (Å²) in [5.41, 5.74) is 7.20. The molecule has 0 saturated heterocycles. The van der Waals surface area contributed by atoms with E-state index in [4.69, 9.17) is 5.73 Å². The Balaban J connectivity index is 2.30. The molecule has 0 aliphatic rings. The van der Waals surface area contributed by atoms with Gasteiger partial charge in [0, 0.05) is 15.4 Å². The summed E-state index contributed by atoms with van der Waals surface area (Å²) < 4.78 is 1.00. The molecule has 0 spiro atoms. The van der Waals surface area contributed by atoms with Gasteiger partial charge < -0.3 is 5.73 Å². The molecular weight excluding hydrogens is 314 g/mol. The zero-order valence-corrected chi connectivity index (χ0v) is 11.5. The number of aromatic amines is 1. The maximum atomic E-state index is 11.9. The first-order valence-corrected chi connectivity index (χ1v) is 6.85. The minimum atomic E-state index is -0.198. The number of fused-ring (bicyclic) bond motifs is 1. The summed E-state index contributed by atoms with van der Waals surface area (Å²) in [7, 11) is 0. The molecule has 4 nitrogen and oxygen atoms in total. The molecule has 6 heteroatoms. The molecule has 1 aromatic carbocycles. The minimum Gasteiger partial charge on any atom is -0.369 e. The van der Waals surface area contributed by atoms with Gasteiger partial charge >= 0.3 is 0 Å². The Kier molecular flexibility index (Phi) is 2.68. The fourth-order valence-corrected chi connectivity index (χ4v) is 3.03. The van der Waals surface area contributed by atoms with Crippen molar-refractivity contribution in [1.82, 2.24) is 9.97 Å². The number of nitrogens with one attached hydrogen (secondary N) is 1. The summed E-state index contributed by atoms with van der Waals surface area (Å²) in [4.78, 5) is 19.3. The summed E-state index contributed by atoms with van der Waals surface area (Å²) >= 11 is 4.81. The third-order valence-corrected chi connectivity index (χ3v) is 4.02. The lowest BCUT2D eigenvalue weighted by atomic mass is 10.1. The molecule has 18 heavy (non-hydrogen) atoms. The van der Waals surface area contributed by atoms with Crippen molar-refractivity contribution >= 4 is 43.4 Å². The van der Waals surface area contributed by atoms with Crippen molar-refractivity contribution in [2.24, 2.45) is 0 Å². The van der Waals surface area contributed by atoms with Gasteiger partial charge in [-0.25, -0.2) is 4.98 Å². The molecule has 0 aliphatic carbocycles. The van der Waals surface area contributed by atoms with Crippen molar-refractivity contribution in [2.45, 2.75) is 0 Å². The van der Waals surface area contributed by atoms with Crippen molar-refractivity contribution in [3.63, 3.8) is 0 Å². The molecule has 0 radical (unpaired) electrons. The SMILES string of the molecule is Nc1nc2scc(-c3ccc(Br)cc3)c2c(=O)[nH]1. The zero-order valence-electron chi connectivity index (χ0n) is 9.11. The Morgan fingerprint density at radius 2 is 2.00 bits per heavy atom. The van der Waals surface area contributed by atoms with Crippen LogP contribution in [0.5, 0.6) is 0 Å². The van der Waals surface area contributed by atoms with Crippen molar-refractivity contribution in [2.75, 3.05) is 5.73 Å². The molecule has 3 aromatic rings. The molecule has 0 aliphatic heterocycles. The number of rotatable bonds is 1. The second-order valence-electron chi connectivity index (χ2n) is 3.79. The topological polar surface area (TPSA) is 71.8 Å². The highest BCUT2D eigenvalue weighted by atomic mass is 79.9. The van der Waals surface area contributed by atoms with Gasteiger partial charge in [-0.2, -0.15) is 0 Å². The number of anilines is 1. The zero-order chi connectivity index (χ0) is 12.7. The van der Waals surface area contributed by atoms with Crippen molar-refractivity contribution in [3.8, 4) is 11.1 Å². The van der Waals surface area contributed by atoms with E-state index in [1.165, 1.54) is 11.3 Å². The van der Waals surface area contributed by atoms with E-state index >= 15 is 0 Å². The summed E-state index contributed by atoms with van der Waals surface area (Å²) in [6.45, 7) is 0. The number of aromatic nitrogens is 2. The van der Waals surface area contributed by atoms with E-state index in [1.807, 2.05) is 29.6 Å². The van der Waals surface area contributed by atoms with Gasteiger partial charge in [-0.05, 0) is 17.7 Å². The van der Waals surface area contributed by atoms with Crippen LogP contribution in [-0.2, 0) is 0 Å². The van der Waals surface area contributed by atoms with Gasteiger partial charge in [-0.1, -0.05) is 28.1 Å². The molecule has 90 valence electrons. The molecule has 0 saturated carbocycles. The van der Waals surface area contributed by atoms with Crippen LogP contribution >= 0.6 is 27.3 Å². The Morgan fingerprint density at radius 3 is 2.72 bits per heavy atom. The highest BCUT2D eigenvalue weighted by Crippen LogP contribution is 2.31. The molecule has 2 heterocycles. The van der Waals surface area contributed by atoms with E-state index < -0.39 is 0 Å². The number of nitrogen functional groups attached to an aromatic ring is 1. The average Bonchev–Trinajstić information content (AvgIpc) is 2.74. The molecule has 0 unspecified atom stereocenters. The monoisotopic (exact) mass is 321 g/mol. The first kappa shape index (κ1) is 11.4. The molecule has 0 fully saturated rings. The summed E-state index contributed by atoms with van der Waals surface area (Å²) in [5, 5.41) is 2.52. The van der Waals surface area contributed by atoms with Crippen LogP contribution in [0.3, 0.4) is 0 Å². The smallest absolute Gasteiger partial charge is 0.261 e. The second-order valence-corrected chi connectivity index (χ2v) is 5.56. The van der Waals surface area contributed by atoms with Crippen LogP contribution in [0.15, 0.2) is 38.9 Å². The first-order valence-electron chi connectivity index (χ1n) is 5.18. The standard InChI is InChI=1S/C12H8BrN3OS/c13-7-3-1-6(2-4-7)8-5-18-11-9(8)10(17)15-12(14)16-11/h1-5H,(H3,14,15,16,17). The van der Waals surface area contributed by atoms with E-state index in [1.54, 1.807) is 0 Å². The van der Waals surface area contributed by atoms with Gasteiger partial charge in [-0.3, -0.25) is 9.78 Å². The number of H-pyrrole nitrogens is 1. The fourth-order valence-electron chi connectivity index (χ4n) is 1.81. The number of benzene rings is 1. The maximum absolute atomic E-state index is 11.9. The third-order valence-electron chi connectivity index (χ3n) is 2.62. The normalized spacial score (nSPS) is 10.9. The fraction of sp³-hybridized carbons (Fsp3) is 0. The van der Waals surface area contributed by atoms with Crippen molar-refractivity contribution in [1.29, 1.82) is 0 Å². The van der Waals surface area contributed by atoms with Gasteiger partial charge in [0.1, 0.15) is 4.83 Å². The van der Waals surface area contributed by atoms with E-state index in [-0.39, 0.29) is 11.5 Å². The van der Waals surface area contributed by atoms with E-state index in [2.05, 4.69) is 25.9 Å². The van der Waals surface area contributed by atoms with Crippen LogP contribution in [0.2, 0.25) is 0 Å². The predicted molar refractivity (Wildman–Crippen MR) is 77.8 cm³/mol. The van der Waals surface area contributed by atoms with Gasteiger partial charge in [0.2, 0.25) is 5.95 Å². The van der Waals surface area contributed by atoms with Crippen LogP contribution in [-0.4, -0.2) is 9.97 Å². The second kappa shape index (κ2) is 4.22. The van der Waals surface area contributed by atoms with Crippen molar-refractivity contribution < 1.29 is 0 Å². The number of halogens is 1. The Hall–Kier alpha value is -1.66. The van der Waals surface area contributed by atoms with E-state index in [0.717, 1.165) is 15.6 Å². The lowest BCUT2D eigenvalue weighted by Crippen LogP contribution is -2.10. The third kappa shape index (κ3) is 1.83. The highest BCUT2D eigenvalue weighted by molar-refractivity contribution is 9.10. The molecular formula is C12H8BrN3OS. The lowest BCUT2D eigenvalue weighted by Gasteiger charge is -1.99. The Bertz CT molecular complexity index is 776. The molecule has 3 rings (SSSR count). The van der Waals surface area contributed by atoms with Gasteiger partial charge in [0.25, 0.3) is 5.56 Å². The Labute approximate surface area is 115 Å². The quantitative estimate of drug-likeness (QED) is 0.723. The minimum absolute atomic E-state index is 0.150. The molecule has 0 atom stereocenters. The van der Waals surface area contributed by atoms with E-state index in [0.29, 0.717) is 10.2 Å². The van der Waals surface area contributed by atoms with Gasteiger partial charge in [-0.15, -0.1) is 11.3 Å². The summed E-state index contributed by atoms with van der Waals surface area (Å²) in [6, 6.07) is 7.80. The highest BCUT2D eigenvalue weighted by Gasteiger charge is 2.11. The Morgan fingerprint density at radius 1 is 1.28 bits per heavy atom. The van der Waals surface area contributed by atoms with Crippen LogP contribution in [0, 0.1) is 0 Å². The van der Waals surface area contributed by atoms with Gasteiger partial charge in [0.05, 0.1) is 5.39 Å². The number of hydrogen-bond acceptors (Lipinski definition) is 4. The lowest BCUT2D eigenvalue weighted by molar-refractivity contribution is 1.20.